The van der Waals surface area contributed by atoms with Crippen molar-refractivity contribution in [2.24, 2.45) is 0 Å². The number of nitrogens with one attached hydrogen (secondary N) is 2. The maximum Gasteiger partial charge on any atom is 0.238 e. The van der Waals surface area contributed by atoms with Crippen molar-refractivity contribution in [2.45, 2.75) is 25.0 Å². The number of piperidine rings is 1. The second-order valence-corrected chi connectivity index (χ2v) is 8.01. The lowest BCUT2D eigenvalue weighted by atomic mass is 10.0. The third-order valence-corrected chi connectivity index (χ3v) is 5.79. The molecular formula is C24H29N5O3. The molecule has 2 aromatic heterocycles. The van der Waals surface area contributed by atoms with Crippen LogP contribution in [-0.2, 0) is 4.79 Å². The number of aromatic nitrogens is 2. The molecule has 0 saturated carbocycles. The van der Waals surface area contributed by atoms with Gasteiger partial charge in [0, 0.05) is 36.1 Å². The monoisotopic (exact) mass is 435 g/mol. The average molecular weight is 436 g/mol. The van der Waals surface area contributed by atoms with Gasteiger partial charge in [0.1, 0.15) is 0 Å². The Labute approximate surface area is 187 Å². The molecule has 4 rings (SSSR count). The summed E-state index contributed by atoms with van der Waals surface area (Å²) < 4.78 is 5.23. The molecule has 0 bridgehead atoms. The van der Waals surface area contributed by atoms with Crippen LogP contribution < -0.4 is 15.4 Å². The number of pyridine rings is 2. The lowest BCUT2D eigenvalue weighted by Gasteiger charge is -2.33. The highest BCUT2D eigenvalue weighted by Crippen LogP contribution is 2.25. The first-order valence-corrected chi connectivity index (χ1v) is 10.9. The van der Waals surface area contributed by atoms with Gasteiger partial charge in [0.2, 0.25) is 11.8 Å². The van der Waals surface area contributed by atoms with Crippen LogP contribution in [0.3, 0.4) is 0 Å². The first-order valence-electron chi connectivity index (χ1n) is 10.9. The quantitative estimate of drug-likeness (QED) is 0.499. The zero-order valence-corrected chi connectivity index (χ0v) is 18.2. The van der Waals surface area contributed by atoms with Gasteiger partial charge >= 0.3 is 0 Å². The van der Waals surface area contributed by atoms with Crippen molar-refractivity contribution in [1.82, 2.24) is 20.2 Å². The summed E-state index contributed by atoms with van der Waals surface area (Å²) >= 11 is 0. The fraction of sp³-hybridized carbons (Fsp3) is 0.375. The zero-order valence-electron chi connectivity index (χ0n) is 18.2. The molecule has 0 radical (unpaired) electrons. The standard InChI is InChI=1S/C24H29N5O3/c1-32-23-8-7-20-24(28-23)19(9-12-25-20)21(30)16-29-13-10-17(11-14-29)26-15-22(31)27-18-5-3-2-4-6-18/h2-9,12,17,21,26,30H,10-11,13-16H2,1H3,(H,27,31)/t21-/m0/s1. The highest BCUT2D eigenvalue weighted by Gasteiger charge is 2.23. The number of ether oxygens (including phenoxy) is 1. The van der Waals surface area contributed by atoms with Crippen LogP contribution in [-0.4, -0.2) is 65.2 Å². The number of carbonyl (C=O) groups excluding carboxylic acids is 1. The number of nitrogens with zero attached hydrogens (tertiary/aromatic N) is 3. The average Bonchev–Trinajstić information content (AvgIpc) is 2.83. The van der Waals surface area contributed by atoms with E-state index in [2.05, 4.69) is 25.5 Å². The van der Waals surface area contributed by atoms with E-state index in [1.54, 1.807) is 19.4 Å². The Hall–Kier alpha value is -3.07. The van der Waals surface area contributed by atoms with Gasteiger partial charge in [-0.25, -0.2) is 4.98 Å². The first kappa shape index (κ1) is 22.1. The Morgan fingerprint density at radius 1 is 1.19 bits per heavy atom. The number of aliphatic hydroxyl groups excluding tert-OH is 1. The summed E-state index contributed by atoms with van der Waals surface area (Å²) in [7, 11) is 1.57. The van der Waals surface area contributed by atoms with Crippen molar-refractivity contribution < 1.29 is 14.6 Å². The Bertz CT molecular complexity index is 1040. The Balaban J connectivity index is 1.26. The molecule has 1 aliphatic rings. The molecule has 8 heteroatoms. The van der Waals surface area contributed by atoms with Crippen LogP contribution in [0, 0.1) is 0 Å². The summed E-state index contributed by atoms with van der Waals surface area (Å²) in [6.07, 6.45) is 2.88. The highest BCUT2D eigenvalue weighted by atomic mass is 16.5. The number of amides is 1. The summed E-state index contributed by atoms with van der Waals surface area (Å²) in [5, 5.41) is 17.1. The molecule has 0 unspecified atom stereocenters. The van der Waals surface area contributed by atoms with Gasteiger partial charge < -0.3 is 25.4 Å². The molecule has 8 nitrogen and oxygen atoms in total. The van der Waals surface area contributed by atoms with Crippen LogP contribution in [0.4, 0.5) is 5.69 Å². The molecule has 32 heavy (non-hydrogen) atoms. The highest BCUT2D eigenvalue weighted by molar-refractivity contribution is 5.92. The van der Waals surface area contributed by atoms with Crippen LogP contribution in [0.25, 0.3) is 11.0 Å². The van der Waals surface area contributed by atoms with Gasteiger partial charge in [-0.05, 0) is 50.2 Å². The SMILES string of the molecule is COc1ccc2nccc([C@@H](O)CN3CCC(NCC(=O)Nc4ccccc4)CC3)c2n1. The number of fused-ring (bicyclic) bond motifs is 1. The fourth-order valence-electron chi connectivity index (χ4n) is 4.04. The van der Waals surface area contributed by atoms with E-state index in [9.17, 15) is 9.90 Å². The molecule has 1 amide bonds. The molecule has 3 heterocycles. The number of likely N-dealkylation sites (tertiary alicyclic amines) is 1. The van der Waals surface area contributed by atoms with E-state index in [1.807, 2.05) is 42.5 Å². The summed E-state index contributed by atoms with van der Waals surface area (Å²) in [6, 6.07) is 15.2. The van der Waals surface area contributed by atoms with Crippen molar-refractivity contribution in [3.05, 3.63) is 60.3 Å². The van der Waals surface area contributed by atoms with Gasteiger partial charge in [-0.15, -0.1) is 0 Å². The summed E-state index contributed by atoms with van der Waals surface area (Å²) in [4.78, 5) is 23.2. The Kier molecular flexibility index (Phi) is 7.26. The molecule has 0 aliphatic carbocycles. The van der Waals surface area contributed by atoms with Crippen molar-refractivity contribution in [3.63, 3.8) is 0 Å². The third-order valence-electron chi connectivity index (χ3n) is 5.79. The maximum atomic E-state index is 12.1. The summed E-state index contributed by atoms with van der Waals surface area (Å²) in [5.41, 5.74) is 2.96. The lowest BCUT2D eigenvalue weighted by Crippen LogP contribution is -2.45. The summed E-state index contributed by atoms with van der Waals surface area (Å²) in [6.45, 7) is 2.53. The maximum absolute atomic E-state index is 12.1. The van der Waals surface area contributed by atoms with Gasteiger partial charge in [-0.3, -0.25) is 9.78 Å². The van der Waals surface area contributed by atoms with Gasteiger partial charge in [0.05, 0.1) is 30.8 Å². The number of β-amino-alcohol motifs (C(OH)–C–C–N with tert-alkyl or cyclic N) is 1. The predicted molar refractivity (Wildman–Crippen MR) is 124 cm³/mol. The van der Waals surface area contributed by atoms with Gasteiger partial charge in [-0.2, -0.15) is 0 Å². The molecule has 168 valence electrons. The van der Waals surface area contributed by atoms with Crippen LogP contribution in [0.5, 0.6) is 5.88 Å². The van der Waals surface area contributed by atoms with Crippen LogP contribution in [0.1, 0.15) is 24.5 Å². The van der Waals surface area contributed by atoms with Gasteiger partial charge in [-0.1, -0.05) is 18.2 Å². The van der Waals surface area contributed by atoms with Crippen LogP contribution in [0.15, 0.2) is 54.7 Å². The number of benzene rings is 1. The molecule has 1 saturated heterocycles. The topological polar surface area (TPSA) is 99.6 Å². The minimum Gasteiger partial charge on any atom is -0.481 e. The number of rotatable bonds is 8. The molecule has 1 aliphatic heterocycles. The number of aliphatic hydroxyl groups is 1. The summed E-state index contributed by atoms with van der Waals surface area (Å²) in [5.74, 6) is 0.462. The smallest absolute Gasteiger partial charge is 0.238 e. The Morgan fingerprint density at radius 2 is 1.97 bits per heavy atom. The molecule has 1 aromatic carbocycles. The minimum atomic E-state index is -0.665. The van der Waals surface area contributed by atoms with E-state index in [0.29, 0.717) is 24.5 Å². The first-order chi connectivity index (χ1) is 15.6. The second-order valence-electron chi connectivity index (χ2n) is 8.01. The van der Waals surface area contributed by atoms with E-state index in [4.69, 9.17) is 4.74 Å². The second kappa shape index (κ2) is 10.5. The van der Waals surface area contributed by atoms with Gasteiger partial charge in [0.25, 0.3) is 0 Å². The number of anilines is 1. The van der Waals surface area contributed by atoms with Gasteiger partial charge in [0.15, 0.2) is 0 Å². The minimum absolute atomic E-state index is 0.0402. The van der Waals surface area contributed by atoms with Crippen molar-refractivity contribution in [1.29, 1.82) is 0 Å². The molecule has 1 atom stereocenters. The number of carbonyl (C=O) groups is 1. The normalized spacial score (nSPS) is 16.1. The van der Waals surface area contributed by atoms with Crippen molar-refractivity contribution in [3.8, 4) is 5.88 Å². The number of hydrogen-bond donors (Lipinski definition) is 3. The van der Waals surface area contributed by atoms with E-state index in [0.717, 1.165) is 42.7 Å². The molecular weight excluding hydrogens is 406 g/mol. The fourth-order valence-corrected chi connectivity index (χ4v) is 4.04. The largest absolute Gasteiger partial charge is 0.481 e. The molecule has 3 aromatic rings. The third kappa shape index (κ3) is 5.59. The molecule has 3 N–H and O–H groups in total. The molecule has 1 fully saturated rings. The van der Waals surface area contributed by atoms with E-state index < -0.39 is 6.10 Å². The Morgan fingerprint density at radius 3 is 2.72 bits per heavy atom. The zero-order chi connectivity index (χ0) is 22.3. The van der Waals surface area contributed by atoms with Crippen molar-refractivity contribution in [2.75, 3.05) is 38.6 Å². The number of hydrogen-bond acceptors (Lipinski definition) is 7. The molecule has 0 spiro atoms. The lowest BCUT2D eigenvalue weighted by molar-refractivity contribution is -0.115. The number of methoxy groups -OCH3 is 1. The van der Waals surface area contributed by atoms with E-state index in [-0.39, 0.29) is 11.9 Å². The van der Waals surface area contributed by atoms with Crippen LogP contribution >= 0.6 is 0 Å². The van der Waals surface area contributed by atoms with E-state index in [1.165, 1.54) is 0 Å². The number of para-hydroxylation sites is 1. The van der Waals surface area contributed by atoms with Crippen LogP contribution in [0.2, 0.25) is 0 Å². The predicted octanol–water partition coefficient (Wildman–Crippen LogP) is 2.36. The van der Waals surface area contributed by atoms with E-state index >= 15 is 0 Å². The van der Waals surface area contributed by atoms with Crippen molar-refractivity contribution >= 4 is 22.6 Å².